The van der Waals surface area contributed by atoms with E-state index < -0.39 is 0 Å². The second-order valence-corrected chi connectivity index (χ2v) is 2.65. The first kappa shape index (κ1) is 9.34. The van der Waals surface area contributed by atoms with E-state index >= 15 is 0 Å². The lowest BCUT2D eigenvalue weighted by Gasteiger charge is -2.12. The first-order valence-corrected chi connectivity index (χ1v) is 3.42. The van der Waals surface area contributed by atoms with Gasteiger partial charge < -0.3 is 0 Å². The maximum Gasteiger partial charge on any atom is 0.198 e. The Kier molecular flexibility index (Phi) is 4.81. The smallest absolute Gasteiger partial charge is 0.198 e. The Morgan fingerprint density at radius 3 is 1.50 bits per heavy atom. The second-order valence-electron chi connectivity index (χ2n) is 2.65. The average Bonchev–Trinajstić information content (AvgIpc) is 1.89. The van der Waals surface area contributed by atoms with Crippen molar-refractivity contribution in [3.63, 3.8) is 0 Å². The van der Waals surface area contributed by atoms with Crippen molar-refractivity contribution in [3.8, 4) is 0 Å². The molecule has 2 nitrogen and oxygen atoms in total. The Morgan fingerprint density at radius 2 is 1.30 bits per heavy atom. The van der Waals surface area contributed by atoms with Crippen LogP contribution in [0.4, 0.5) is 0 Å². The molecule has 0 aliphatic rings. The number of hydrogen-bond donors (Lipinski definition) is 0. The highest BCUT2D eigenvalue weighted by molar-refractivity contribution is 5.52. The molecule has 2 atom stereocenters. The zero-order chi connectivity index (χ0) is 7.98. The molecular formula is C8H12O2. The standard InChI is InChI=1S/C8H12O2/c1-7(3-5-9)8(2)4-6-10/h7-8H,3-4H2,1-2H3. The maximum atomic E-state index is 9.90. The van der Waals surface area contributed by atoms with Gasteiger partial charge in [-0.15, -0.1) is 0 Å². The monoisotopic (exact) mass is 140 g/mol. The summed E-state index contributed by atoms with van der Waals surface area (Å²) in [6.45, 7) is 3.87. The zero-order valence-corrected chi connectivity index (χ0v) is 6.39. The highest BCUT2D eigenvalue weighted by Crippen LogP contribution is 2.15. The highest BCUT2D eigenvalue weighted by Gasteiger charge is 2.10. The summed E-state index contributed by atoms with van der Waals surface area (Å²) >= 11 is 0. The molecule has 2 radical (unpaired) electrons. The number of hydrogen-bond acceptors (Lipinski definition) is 2. The molecule has 0 spiro atoms. The molecular weight excluding hydrogens is 128 g/mol. The Morgan fingerprint density at radius 1 is 1.00 bits per heavy atom. The Bertz CT molecular complexity index is 95.8. The predicted octanol–water partition coefficient (Wildman–Crippen LogP) is 1.26. The minimum atomic E-state index is 0.249. The van der Waals surface area contributed by atoms with Crippen LogP contribution in [-0.4, -0.2) is 12.6 Å². The zero-order valence-electron chi connectivity index (χ0n) is 6.39. The molecule has 2 unspecified atom stereocenters. The molecule has 0 fully saturated rings. The van der Waals surface area contributed by atoms with Crippen molar-refractivity contribution in [3.05, 3.63) is 0 Å². The van der Waals surface area contributed by atoms with E-state index in [4.69, 9.17) is 0 Å². The fourth-order valence-electron chi connectivity index (χ4n) is 0.665. The van der Waals surface area contributed by atoms with Gasteiger partial charge in [0.2, 0.25) is 0 Å². The first-order chi connectivity index (χ1) is 4.72. The van der Waals surface area contributed by atoms with E-state index in [9.17, 15) is 9.59 Å². The summed E-state index contributed by atoms with van der Waals surface area (Å²) in [6.07, 6.45) is 4.49. The largest absolute Gasteiger partial charge is 0.291 e. The molecule has 56 valence electrons. The third-order valence-corrected chi connectivity index (χ3v) is 1.78. The van der Waals surface area contributed by atoms with Crippen molar-refractivity contribution in [2.75, 3.05) is 0 Å². The van der Waals surface area contributed by atoms with Crippen LogP contribution in [0.15, 0.2) is 0 Å². The van der Waals surface area contributed by atoms with Gasteiger partial charge in [-0.3, -0.25) is 9.59 Å². The van der Waals surface area contributed by atoms with Crippen LogP contribution in [0.3, 0.4) is 0 Å². The van der Waals surface area contributed by atoms with E-state index in [2.05, 4.69) is 0 Å². The van der Waals surface area contributed by atoms with Gasteiger partial charge in [0.1, 0.15) is 0 Å². The Balaban J connectivity index is 3.56. The van der Waals surface area contributed by atoms with Crippen molar-refractivity contribution in [2.45, 2.75) is 26.7 Å². The third-order valence-electron chi connectivity index (χ3n) is 1.78. The summed E-state index contributed by atoms with van der Waals surface area (Å²) in [7, 11) is 0. The summed E-state index contributed by atoms with van der Waals surface area (Å²) in [5.41, 5.74) is 0. The van der Waals surface area contributed by atoms with E-state index in [0.717, 1.165) is 0 Å². The van der Waals surface area contributed by atoms with Crippen molar-refractivity contribution in [2.24, 2.45) is 11.8 Å². The van der Waals surface area contributed by atoms with Gasteiger partial charge in [-0.2, -0.15) is 0 Å². The molecule has 0 aliphatic carbocycles. The molecule has 0 saturated heterocycles. The van der Waals surface area contributed by atoms with Crippen LogP contribution in [0.1, 0.15) is 26.7 Å². The summed E-state index contributed by atoms with van der Waals surface area (Å²) in [5, 5.41) is 0. The van der Waals surface area contributed by atoms with Crippen LogP contribution in [0.25, 0.3) is 0 Å². The van der Waals surface area contributed by atoms with Crippen LogP contribution in [0.5, 0.6) is 0 Å². The van der Waals surface area contributed by atoms with Gasteiger partial charge in [0.05, 0.1) is 0 Å². The lowest BCUT2D eigenvalue weighted by molar-refractivity contribution is 0.394. The SMILES string of the molecule is CC(C[C]=O)C(C)C[C]=O. The van der Waals surface area contributed by atoms with Crippen molar-refractivity contribution < 1.29 is 9.59 Å². The van der Waals surface area contributed by atoms with Crippen LogP contribution >= 0.6 is 0 Å². The summed E-state index contributed by atoms with van der Waals surface area (Å²) in [5.74, 6) is 0.498. The molecule has 0 aliphatic heterocycles. The molecule has 10 heavy (non-hydrogen) atoms. The lowest BCUT2D eigenvalue weighted by atomic mass is 9.91. The van der Waals surface area contributed by atoms with E-state index in [1.54, 1.807) is 0 Å². The quantitative estimate of drug-likeness (QED) is 0.576. The van der Waals surface area contributed by atoms with Gasteiger partial charge >= 0.3 is 0 Å². The molecule has 0 saturated carbocycles. The summed E-state index contributed by atoms with van der Waals surface area (Å²) in [6, 6.07) is 0. The molecule has 0 heterocycles. The van der Waals surface area contributed by atoms with Gasteiger partial charge in [-0.25, -0.2) is 0 Å². The number of carbonyl (C=O) groups excluding carboxylic acids is 2. The van der Waals surface area contributed by atoms with Crippen LogP contribution < -0.4 is 0 Å². The van der Waals surface area contributed by atoms with Gasteiger partial charge in [-0.1, -0.05) is 13.8 Å². The highest BCUT2D eigenvalue weighted by atomic mass is 16.1. The molecule has 2 heteroatoms. The maximum absolute atomic E-state index is 9.90. The van der Waals surface area contributed by atoms with Gasteiger partial charge in [0.25, 0.3) is 0 Å². The second kappa shape index (κ2) is 5.15. The molecule has 0 N–H and O–H groups in total. The Hall–Kier alpha value is -0.660. The molecule has 0 aromatic rings. The topological polar surface area (TPSA) is 34.1 Å². The normalized spacial score (nSPS) is 15.8. The van der Waals surface area contributed by atoms with Gasteiger partial charge in [-0.05, 0) is 11.8 Å². The molecule has 0 rings (SSSR count). The van der Waals surface area contributed by atoms with Crippen molar-refractivity contribution in [1.29, 1.82) is 0 Å². The van der Waals surface area contributed by atoms with Gasteiger partial charge in [0.15, 0.2) is 12.6 Å². The van der Waals surface area contributed by atoms with E-state index in [-0.39, 0.29) is 11.8 Å². The summed E-state index contributed by atoms with van der Waals surface area (Å²) < 4.78 is 0. The lowest BCUT2D eigenvalue weighted by Crippen LogP contribution is -2.08. The van der Waals surface area contributed by atoms with E-state index in [1.807, 2.05) is 26.4 Å². The van der Waals surface area contributed by atoms with E-state index in [1.165, 1.54) is 0 Å². The van der Waals surface area contributed by atoms with Crippen molar-refractivity contribution >= 4 is 12.6 Å². The van der Waals surface area contributed by atoms with Crippen LogP contribution in [-0.2, 0) is 9.59 Å². The molecule has 0 bridgehead atoms. The fraction of sp³-hybridized carbons (Fsp3) is 0.750. The predicted molar refractivity (Wildman–Crippen MR) is 38.9 cm³/mol. The van der Waals surface area contributed by atoms with Crippen LogP contribution in [0.2, 0.25) is 0 Å². The van der Waals surface area contributed by atoms with E-state index in [0.29, 0.717) is 12.8 Å². The minimum absolute atomic E-state index is 0.249. The molecule has 0 aromatic heterocycles. The average molecular weight is 140 g/mol. The first-order valence-electron chi connectivity index (χ1n) is 3.42. The molecule has 0 amide bonds. The minimum Gasteiger partial charge on any atom is -0.291 e. The fourth-order valence-corrected chi connectivity index (χ4v) is 0.665. The Labute approximate surface area is 61.6 Å². The molecule has 0 aromatic carbocycles. The van der Waals surface area contributed by atoms with Crippen LogP contribution in [0, 0.1) is 11.8 Å². The number of rotatable bonds is 5. The van der Waals surface area contributed by atoms with Crippen molar-refractivity contribution in [1.82, 2.24) is 0 Å². The summed E-state index contributed by atoms with van der Waals surface area (Å²) in [4.78, 5) is 19.8. The van der Waals surface area contributed by atoms with Gasteiger partial charge in [0, 0.05) is 12.8 Å². The third kappa shape index (κ3) is 3.38.